The predicted octanol–water partition coefficient (Wildman–Crippen LogP) is 19.9. The molecule has 0 rings (SSSR count). The number of unbranched alkanes of at least 4 members (excludes halogenated alkanes) is 28. The van der Waals surface area contributed by atoms with E-state index in [-0.39, 0.29) is 37.5 Å². The first-order chi connectivity index (χ1) is 34.5. The smallest absolute Gasteiger partial charge is 0.306 e. The van der Waals surface area contributed by atoms with Crippen LogP contribution in [0.3, 0.4) is 0 Å². The molecule has 6 nitrogen and oxygen atoms in total. The van der Waals surface area contributed by atoms with Gasteiger partial charge in [-0.3, -0.25) is 14.4 Å². The van der Waals surface area contributed by atoms with Crippen LogP contribution in [0.25, 0.3) is 0 Å². The molecule has 0 aromatic heterocycles. The molecule has 0 radical (unpaired) electrons. The molecule has 0 aromatic rings. The van der Waals surface area contributed by atoms with Crippen molar-refractivity contribution in [2.75, 3.05) is 13.2 Å². The van der Waals surface area contributed by atoms with Gasteiger partial charge in [-0.15, -0.1) is 0 Å². The summed E-state index contributed by atoms with van der Waals surface area (Å²) >= 11 is 0. The minimum atomic E-state index is -0.811. The quantitative estimate of drug-likeness (QED) is 0.0261. The molecule has 70 heavy (non-hydrogen) atoms. The Morgan fingerprint density at radius 1 is 0.300 bits per heavy atom. The summed E-state index contributed by atoms with van der Waals surface area (Å²) in [5, 5.41) is 0. The van der Waals surface area contributed by atoms with E-state index in [2.05, 4.69) is 106 Å². The lowest BCUT2D eigenvalue weighted by molar-refractivity contribution is -0.167. The van der Waals surface area contributed by atoms with Crippen LogP contribution in [0.2, 0.25) is 0 Å². The molecular formula is C64H110O6. The molecule has 0 N–H and O–H groups in total. The Labute approximate surface area is 433 Å². The van der Waals surface area contributed by atoms with Crippen LogP contribution in [0.5, 0.6) is 0 Å². The van der Waals surface area contributed by atoms with E-state index in [9.17, 15) is 14.4 Å². The molecule has 0 aliphatic heterocycles. The predicted molar refractivity (Wildman–Crippen MR) is 302 cm³/mol. The van der Waals surface area contributed by atoms with E-state index < -0.39 is 6.10 Å². The topological polar surface area (TPSA) is 78.9 Å². The maximum Gasteiger partial charge on any atom is 0.306 e. The molecule has 0 saturated carbocycles. The van der Waals surface area contributed by atoms with Crippen molar-refractivity contribution in [2.45, 2.75) is 290 Å². The molecule has 0 bridgehead atoms. The second kappa shape index (κ2) is 58.2. The van der Waals surface area contributed by atoms with E-state index in [0.29, 0.717) is 19.3 Å². The van der Waals surface area contributed by atoms with Crippen molar-refractivity contribution in [1.29, 1.82) is 0 Å². The van der Waals surface area contributed by atoms with Gasteiger partial charge in [-0.25, -0.2) is 0 Å². The Hall–Kier alpha value is -3.41. The van der Waals surface area contributed by atoms with Gasteiger partial charge in [0.2, 0.25) is 0 Å². The van der Waals surface area contributed by atoms with Gasteiger partial charge in [0.15, 0.2) is 6.10 Å². The average molecular weight is 976 g/mol. The van der Waals surface area contributed by atoms with Crippen LogP contribution >= 0.6 is 0 Å². The first-order valence-corrected chi connectivity index (χ1v) is 29.6. The summed E-state index contributed by atoms with van der Waals surface area (Å²) in [6.07, 6.45) is 75.8. The zero-order valence-electron chi connectivity index (χ0n) is 46.0. The lowest BCUT2D eigenvalue weighted by Crippen LogP contribution is -2.30. The average Bonchev–Trinajstić information content (AvgIpc) is 3.36. The van der Waals surface area contributed by atoms with Crippen LogP contribution in [0.1, 0.15) is 284 Å². The number of carbonyl (C=O) groups excluding carboxylic acids is 3. The summed E-state index contributed by atoms with van der Waals surface area (Å²) in [6.45, 7) is 6.48. The van der Waals surface area contributed by atoms with Crippen molar-refractivity contribution >= 4 is 17.9 Å². The molecular weight excluding hydrogens is 865 g/mol. The molecule has 0 aliphatic rings. The molecule has 402 valence electrons. The van der Waals surface area contributed by atoms with E-state index in [1.807, 2.05) is 0 Å². The first-order valence-electron chi connectivity index (χ1n) is 29.6. The van der Waals surface area contributed by atoms with Crippen molar-refractivity contribution in [3.8, 4) is 0 Å². The fourth-order valence-corrected chi connectivity index (χ4v) is 8.17. The van der Waals surface area contributed by atoms with Gasteiger partial charge in [0.05, 0.1) is 0 Å². The van der Waals surface area contributed by atoms with E-state index in [4.69, 9.17) is 14.2 Å². The number of esters is 3. The van der Waals surface area contributed by atoms with Gasteiger partial charge in [-0.05, 0) is 109 Å². The highest BCUT2D eigenvalue weighted by atomic mass is 16.6. The molecule has 0 aliphatic carbocycles. The van der Waals surface area contributed by atoms with Crippen molar-refractivity contribution in [2.24, 2.45) is 0 Å². The van der Waals surface area contributed by atoms with Crippen molar-refractivity contribution in [3.63, 3.8) is 0 Å². The van der Waals surface area contributed by atoms with Crippen LogP contribution < -0.4 is 0 Å². The summed E-state index contributed by atoms with van der Waals surface area (Å²) in [4.78, 5) is 38.2. The van der Waals surface area contributed by atoms with Crippen molar-refractivity contribution in [1.82, 2.24) is 0 Å². The third-order valence-electron chi connectivity index (χ3n) is 12.6. The Morgan fingerprint density at radius 3 is 0.929 bits per heavy atom. The second-order valence-corrected chi connectivity index (χ2v) is 19.5. The Balaban J connectivity index is 4.46. The lowest BCUT2D eigenvalue weighted by atomic mass is 10.1. The minimum absolute atomic E-state index is 0.102. The highest BCUT2D eigenvalue weighted by Gasteiger charge is 2.19. The molecule has 0 fully saturated rings. The van der Waals surface area contributed by atoms with Crippen molar-refractivity contribution in [3.05, 3.63) is 85.1 Å². The minimum Gasteiger partial charge on any atom is -0.462 e. The fraction of sp³-hybridized carbons (Fsp3) is 0.734. The maximum absolute atomic E-state index is 12.8. The Morgan fingerprint density at radius 2 is 0.571 bits per heavy atom. The number of rotatable bonds is 53. The van der Waals surface area contributed by atoms with E-state index in [0.717, 1.165) is 83.5 Å². The monoisotopic (exact) mass is 975 g/mol. The second-order valence-electron chi connectivity index (χ2n) is 19.5. The maximum atomic E-state index is 12.8. The van der Waals surface area contributed by atoms with Crippen LogP contribution in [-0.4, -0.2) is 37.2 Å². The van der Waals surface area contributed by atoms with Gasteiger partial charge < -0.3 is 14.2 Å². The van der Waals surface area contributed by atoms with Crippen LogP contribution in [0.4, 0.5) is 0 Å². The third-order valence-corrected chi connectivity index (χ3v) is 12.6. The first kappa shape index (κ1) is 66.6. The number of ether oxygens (including phenoxy) is 3. The molecule has 1 unspecified atom stereocenters. The molecule has 0 spiro atoms. The summed E-state index contributed by atoms with van der Waals surface area (Å²) in [7, 11) is 0. The summed E-state index contributed by atoms with van der Waals surface area (Å²) in [5.74, 6) is -0.964. The van der Waals surface area contributed by atoms with Crippen molar-refractivity contribution < 1.29 is 28.6 Å². The molecule has 0 heterocycles. The highest BCUT2D eigenvalue weighted by Crippen LogP contribution is 2.15. The standard InChI is InChI=1S/C64H110O6/c1-4-7-10-13-16-19-22-25-28-31-32-34-36-39-42-45-48-51-54-57-63(66)69-60-61(59-68-62(65)56-53-50-47-44-41-38-35-30-27-24-21-18-15-12-9-6-3)70-64(67)58-55-52-49-46-43-40-37-33-29-26-23-20-17-14-11-8-5-2/h8,11,17,20,25-26,28-30,35,37,40,46,49,61H,4-7,9-10,12-16,18-19,21-24,27,31-34,36,38-39,41-45,47-48,50-60H2,1-3H3/b11-8-,20-17-,28-25-,29-26-,35-30-,40-37-,49-46-. The number of carbonyl (C=O) groups is 3. The molecule has 0 aromatic carbocycles. The number of hydrogen-bond acceptors (Lipinski definition) is 6. The largest absolute Gasteiger partial charge is 0.462 e. The van der Waals surface area contributed by atoms with Gasteiger partial charge >= 0.3 is 17.9 Å². The SMILES string of the molecule is CC/C=C\C/C=C\C/C=C\C/C=C\C/C=C\CCCC(=O)OC(COC(=O)CCCCCCC/C=C\CCCCCCCCC)COC(=O)CCCCCCCCCCC/C=C\CCCCCCCC. The highest BCUT2D eigenvalue weighted by molar-refractivity contribution is 5.71. The molecule has 0 amide bonds. The van der Waals surface area contributed by atoms with Crippen LogP contribution in [-0.2, 0) is 28.6 Å². The Kier molecular flexibility index (Phi) is 55.3. The zero-order valence-corrected chi connectivity index (χ0v) is 46.0. The van der Waals surface area contributed by atoms with Gasteiger partial charge in [0.25, 0.3) is 0 Å². The molecule has 0 saturated heterocycles. The zero-order chi connectivity index (χ0) is 50.7. The van der Waals surface area contributed by atoms with E-state index in [1.54, 1.807) is 0 Å². The van der Waals surface area contributed by atoms with Crippen LogP contribution in [0, 0.1) is 0 Å². The van der Waals surface area contributed by atoms with Gasteiger partial charge in [-0.2, -0.15) is 0 Å². The van der Waals surface area contributed by atoms with Gasteiger partial charge in [-0.1, -0.05) is 241 Å². The van der Waals surface area contributed by atoms with Crippen LogP contribution in [0.15, 0.2) is 85.1 Å². The molecule has 6 heteroatoms. The summed E-state index contributed by atoms with van der Waals surface area (Å²) < 4.78 is 16.8. The number of hydrogen-bond donors (Lipinski definition) is 0. The van der Waals surface area contributed by atoms with E-state index >= 15 is 0 Å². The lowest BCUT2D eigenvalue weighted by Gasteiger charge is -2.18. The Bertz CT molecular complexity index is 1350. The van der Waals surface area contributed by atoms with E-state index in [1.165, 1.54) is 154 Å². The molecule has 1 atom stereocenters. The normalized spacial score (nSPS) is 12.7. The number of allylic oxidation sites excluding steroid dienone is 14. The third kappa shape index (κ3) is 55.5. The van der Waals surface area contributed by atoms with Gasteiger partial charge in [0, 0.05) is 19.3 Å². The summed E-state index contributed by atoms with van der Waals surface area (Å²) in [6, 6.07) is 0. The fourth-order valence-electron chi connectivity index (χ4n) is 8.17. The van der Waals surface area contributed by atoms with Gasteiger partial charge in [0.1, 0.15) is 13.2 Å². The summed E-state index contributed by atoms with van der Waals surface area (Å²) in [5.41, 5.74) is 0.